The van der Waals surface area contributed by atoms with E-state index in [0.717, 1.165) is 0 Å². The molecule has 0 saturated carbocycles. The van der Waals surface area contributed by atoms with Crippen LogP contribution in [0.1, 0.15) is 5.56 Å². The molecule has 1 aliphatic heterocycles. The van der Waals surface area contributed by atoms with Crippen LogP contribution in [0.5, 0.6) is 0 Å². The molecule has 1 aromatic carbocycles. The molecule has 0 bridgehead atoms. The van der Waals surface area contributed by atoms with Crippen LogP contribution in [0.2, 0.25) is 0 Å². The number of hydrogen-bond acceptors (Lipinski definition) is 2. The summed E-state index contributed by atoms with van der Waals surface area (Å²) in [5, 5.41) is 0. The highest BCUT2D eigenvalue weighted by atomic mass is 32.7. The third-order valence-electron chi connectivity index (χ3n) is 2.02. The normalized spacial score (nSPS) is 18.9. The molecule has 3 heteroatoms. The van der Waals surface area contributed by atoms with Crippen molar-refractivity contribution in [3.63, 3.8) is 0 Å². The number of nitrogens with zero attached hydrogens (tertiary/aromatic N) is 1. The lowest BCUT2D eigenvalue weighted by Crippen LogP contribution is -2.08. The predicted molar refractivity (Wildman–Crippen MR) is 60.7 cm³/mol. The van der Waals surface area contributed by atoms with Gasteiger partial charge >= 0.3 is 0 Å². The minimum atomic E-state index is 0.460. The van der Waals surface area contributed by atoms with Crippen LogP contribution in [0.25, 0.3) is 0 Å². The maximum atomic E-state index is 2.50. The van der Waals surface area contributed by atoms with E-state index in [1.165, 1.54) is 23.5 Å². The fraction of sp³-hybridized carbons (Fsp3) is 0.333. The minimum absolute atomic E-state index is 0.460. The molecule has 0 aromatic heterocycles. The van der Waals surface area contributed by atoms with Crippen molar-refractivity contribution < 1.29 is 0 Å². The molecule has 64 valence electrons. The molecule has 1 saturated heterocycles. The summed E-state index contributed by atoms with van der Waals surface area (Å²) in [6.07, 6.45) is 0. The first-order valence-electron chi connectivity index (χ1n) is 4.14. The van der Waals surface area contributed by atoms with E-state index in [4.69, 9.17) is 0 Å². The smallest absolute Gasteiger partial charge is 0.138 e. The van der Waals surface area contributed by atoms with E-state index in [9.17, 15) is 0 Å². The number of anilines is 1. The molecule has 0 spiro atoms. The standard InChI is InChI=1S/C9H12NPS/c1-8-2-4-9(5-3-8)10-6-7-12-11-10/h2-5,11H,6-7H2,1H3/p+1. The summed E-state index contributed by atoms with van der Waals surface area (Å²) < 4.78 is 2.50. The highest BCUT2D eigenvalue weighted by Gasteiger charge is 2.18. The Morgan fingerprint density at radius 2 is 2.08 bits per heavy atom. The maximum absolute atomic E-state index is 2.50. The lowest BCUT2D eigenvalue weighted by molar-refractivity contribution is 1.14. The molecule has 1 heterocycles. The highest BCUT2D eigenvalue weighted by molar-refractivity contribution is 8.50. The molecule has 1 fully saturated rings. The summed E-state index contributed by atoms with van der Waals surface area (Å²) in [5.74, 6) is 1.31. The Hall–Kier alpha value is -0.200. The van der Waals surface area contributed by atoms with Gasteiger partial charge in [0.2, 0.25) is 0 Å². The zero-order valence-electron chi connectivity index (χ0n) is 7.16. The fourth-order valence-electron chi connectivity index (χ4n) is 1.27. The van der Waals surface area contributed by atoms with Gasteiger partial charge in [-0.25, -0.2) is 4.67 Å². The monoisotopic (exact) mass is 198 g/mol. The molecular weight excluding hydrogens is 185 g/mol. The Bertz CT molecular complexity index is 254. The summed E-state index contributed by atoms with van der Waals surface area (Å²) >= 11 is 2.09. The van der Waals surface area contributed by atoms with Gasteiger partial charge in [0.1, 0.15) is 7.93 Å². The second kappa shape index (κ2) is 3.68. The van der Waals surface area contributed by atoms with Crippen molar-refractivity contribution in [2.75, 3.05) is 17.0 Å². The van der Waals surface area contributed by atoms with E-state index in [-0.39, 0.29) is 0 Å². The molecule has 0 aliphatic carbocycles. The van der Waals surface area contributed by atoms with Crippen LogP contribution in [-0.2, 0) is 0 Å². The number of aryl methyl sites for hydroxylation is 1. The summed E-state index contributed by atoms with van der Waals surface area (Å²) in [7, 11) is 0.460. The molecule has 1 unspecified atom stereocenters. The molecule has 1 nitrogen and oxygen atoms in total. The van der Waals surface area contributed by atoms with Crippen molar-refractivity contribution >= 4 is 25.0 Å². The van der Waals surface area contributed by atoms with Crippen molar-refractivity contribution in [2.24, 2.45) is 0 Å². The van der Waals surface area contributed by atoms with E-state index in [2.05, 4.69) is 47.2 Å². The molecular formula is C9H13NPS+. The zero-order valence-corrected chi connectivity index (χ0v) is 9.13. The van der Waals surface area contributed by atoms with Gasteiger partial charge in [-0.15, -0.1) is 0 Å². The topological polar surface area (TPSA) is 3.24 Å². The molecule has 0 amide bonds. The number of rotatable bonds is 1. The lowest BCUT2D eigenvalue weighted by atomic mass is 10.2. The largest absolute Gasteiger partial charge is 0.242 e. The van der Waals surface area contributed by atoms with Crippen LogP contribution < -0.4 is 4.67 Å². The van der Waals surface area contributed by atoms with E-state index >= 15 is 0 Å². The number of hydrogen-bond donors (Lipinski definition) is 0. The molecule has 12 heavy (non-hydrogen) atoms. The first-order chi connectivity index (χ1) is 5.86. The van der Waals surface area contributed by atoms with Gasteiger partial charge in [-0.1, -0.05) is 17.7 Å². The summed E-state index contributed by atoms with van der Waals surface area (Å²) in [4.78, 5) is 0. The van der Waals surface area contributed by atoms with E-state index in [0.29, 0.717) is 7.93 Å². The quantitative estimate of drug-likeness (QED) is 0.638. The summed E-state index contributed by atoms with van der Waals surface area (Å²) in [6.45, 7) is 3.37. The van der Waals surface area contributed by atoms with E-state index in [1.54, 1.807) is 0 Å². The molecule has 1 aliphatic rings. The van der Waals surface area contributed by atoms with Crippen molar-refractivity contribution in [1.29, 1.82) is 0 Å². The second-order valence-electron chi connectivity index (χ2n) is 3.01. The average Bonchev–Trinajstić information content (AvgIpc) is 2.58. The van der Waals surface area contributed by atoms with Crippen LogP contribution >= 0.6 is 19.3 Å². The molecule has 1 aromatic rings. The van der Waals surface area contributed by atoms with Crippen LogP contribution in [-0.4, -0.2) is 12.3 Å². The van der Waals surface area contributed by atoms with Crippen LogP contribution in [0.3, 0.4) is 0 Å². The van der Waals surface area contributed by atoms with Gasteiger partial charge < -0.3 is 0 Å². The van der Waals surface area contributed by atoms with Crippen LogP contribution in [0.4, 0.5) is 5.69 Å². The molecule has 0 N–H and O–H groups in total. The van der Waals surface area contributed by atoms with Gasteiger partial charge in [-0.3, -0.25) is 0 Å². The first-order valence-corrected chi connectivity index (χ1v) is 7.12. The lowest BCUT2D eigenvalue weighted by Gasteiger charge is -2.09. The third kappa shape index (κ3) is 1.75. The highest BCUT2D eigenvalue weighted by Crippen LogP contribution is 2.42. The Morgan fingerprint density at radius 1 is 1.33 bits per heavy atom. The van der Waals surface area contributed by atoms with Gasteiger partial charge in [0.15, 0.2) is 0 Å². The van der Waals surface area contributed by atoms with Gasteiger partial charge in [-0.05, 0) is 19.1 Å². The van der Waals surface area contributed by atoms with Crippen molar-refractivity contribution in [1.82, 2.24) is 0 Å². The Labute approximate surface area is 79.1 Å². The Kier molecular flexibility index (Phi) is 2.57. The Morgan fingerprint density at radius 3 is 2.67 bits per heavy atom. The number of benzene rings is 1. The van der Waals surface area contributed by atoms with Crippen LogP contribution in [0, 0.1) is 6.92 Å². The first kappa shape index (κ1) is 8.40. The van der Waals surface area contributed by atoms with E-state index in [1.807, 2.05) is 0 Å². The minimum Gasteiger partial charge on any atom is -0.242 e. The van der Waals surface area contributed by atoms with Crippen molar-refractivity contribution in [2.45, 2.75) is 6.92 Å². The van der Waals surface area contributed by atoms with Gasteiger partial charge in [0.25, 0.3) is 0 Å². The average molecular weight is 198 g/mol. The van der Waals surface area contributed by atoms with Gasteiger partial charge in [0, 0.05) is 11.4 Å². The van der Waals surface area contributed by atoms with Crippen molar-refractivity contribution in [3.8, 4) is 0 Å². The molecule has 2 rings (SSSR count). The summed E-state index contributed by atoms with van der Waals surface area (Å²) in [5.41, 5.74) is 2.75. The SMILES string of the molecule is Cc1ccc(N2CCS[PH2+]2)cc1. The van der Waals surface area contributed by atoms with Crippen molar-refractivity contribution in [3.05, 3.63) is 29.8 Å². The third-order valence-corrected chi connectivity index (χ3v) is 5.31. The Balaban J connectivity index is 2.17. The summed E-state index contributed by atoms with van der Waals surface area (Å²) in [6, 6.07) is 8.85. The second-order valence-corrected chi connectivity index (χ2v) is 6.21. The van der Waals surface area contributed by atoms with Gasteiger partial charge in [-0.2, -0.15) is 0 Å². The zero-order chi connectivity index (χ0) is 8.39. The maximum Gasteiger partial charge on any atom is 0.138 e. The predicted octanol–water partition coefficient (Wildman–Crippen LogP) is 2.79. The van der Waals surface area contributed by atoms with Crippen LogP contribution in [0.15, 0.2) is 24.3 Å². The molecule has 0 radical (unpaired) electrons. The van der Waals surface area contributed by atoms with E-state index < -0.39 is 0 Å². The molecule has 1 atom stereocenters. The fourth-order valence-corrected chi connectivity index (χ4v) is 4.43. The van der Waals surface area contributed by atoms with Gasteiger partial charge in [0.05, 0.1) is 18.0 Å².